The van der Waals surface area contributed by atoms with Crippen LogP contribution in [-0.2, 0) is 10.2 Å². The molecule has 0 unspecified atom stereocenters. The van der Waals surface area contributed by atoms with Gasteiger partial charge in [-0.3, -0.25) is 4.79 Å². The number of anilines is 1. The molecule has 100 valence electrons. The van der Waals surface area contributed by atoms with Gasteiger partial charge in [0, 0.05) is 18.4 Å². The fourth-order valence-corrected chi connectivity index (χ4v) is 1.78. The van der Waals surface area contributed by atoms with Crippen LogP contribution < -0.4 is 5.32 Å². The molecule has 0 saturated heterocycles. The lowest BCUT2D eigenvalue weighted by Crippen LogP contribution is -2.13. The van der Waals surface area contributed by atoms with Crippen LogP contribution in [0.25, 0.3) is 5.69 Å². The highest BCUT2D eigenvalue weighted by atomic mass is 16.1. The molecule has 0 aliphatic carbocycles. The van der Waals surface area contributed by atoms with Gasteiger partial charge in [0.2, 0.25) is 5.91 Å². The second-order valence-electron chi connectivity index (χ2n) is 5.59. The number of carbonyl (C=O) groups is 1. The van der Waals surface area contributed by atoms with Gasteiger partial charge in [-0.15, -0.1) is 0 Å². The Morgan fingerprint density at radius 1 is 1.21 bits per heavy atom. The number of hydrogen-bond donors (Lipinski definition) is 1. The van der Waals surface area contributed by atoms with Crippen molar-refractivity contribution in [2.45, 2.75) is 33.1 Å². The Labute approximate surface area is 113 Å². The lowest BCUT2D eigenvalue weighted by molar-refractivity contribution is -0.114. The molecule has 2 aromatic rings. The molecule has 19 heavy (non-hydrogen) atoms. The van der Waals surface area contributed by atoms with Crippen LogP contribution in [0.5, 0.6) is 0 Å². The SMILES string of the molecule is CC(=O)Nc1cc(C(C)(C)C)nn1-c1ccccc1. The Morgan fingerprint density at radius 3 is 2.37 bits per heavy atom. The highest BCUT2D eigenvalue weighted by Crippen LogP contribution is 2.26. The van der Waals surface area contributed by atoms with Gasteiger partial charge in [0.1, 0.15) is 5.82 Å². The molecule has 0 saturated carbocycles. The van der Waals surface area contributed by atoms with E-state index in [-0.39, 0.29) is 11.3 Å². The minimum Gasteiger partial charge on any atom is -0.311 e. The molecular formula is C15H19N3O. The average molecular weight is 257 g/mol. The summed E-state index contributed by atoms with van der Waals surface area (Å²) in [5, 5.41) is 7.43. The first kappa shape index (κ1) is 13.3. The minimum atomic E-state index is -0.0995. The maximum atomic E-state index is 11.3. The molecule has 0 bridgehead atoms. The van der Waals surface area contributed by atoms with E-state index in [0.717, 1.165) is 11.4 Å². The van der Waals surface area contributed by atoms with E-state index in [2.05, 4.69) is 31.2 Å². The standard InChI is InChI=1S/C15H19N3O/c1-11(19)16-14-10-13(15(2,3)4)17-18(14)12-8-6-5-7-9-12/h5-10H,1-4H3,(H,16,19). The first-order valence-electron chi connectivity index (χ1n) is 6.31. The fourth-order valence-electron chi connectivity index (χ4n) is 1.78. The summed E-state index contributed by atoms with van der Waals surface area (Å²) >= 11 is 0. The van der Waals surface area contributed by atoms with Crippen LogP contribution in [0.3, 0.4) is 0 Å². The molecule has 0 aliphatic heterocycles. The van der Waals surface area contributed by atoms with Crippen LogP contribution in [0.2, 0.25) is 0 Å². The topological polar surface area (TPSA) is 46.9 Å². The Bertz CT molecular complexity index is 579. The van der Waals surface area contributed by atoms with Crippen molar-refractivity contribution in [1.29, 1.82) is 0 Å². The molecular weight excluding hydrogens is 238 g/mol. The zero-order chi connectivity index (χ0) is 14.0. The van der Waals surface area contributed by atoms with E-state index >= 15 is 0 Å². The summed E-state index contributed by atoms with van der Waals surface area (Å²) in [6.07, 6.45) is 0. The molecule has 1 heterocycles. The van der Waals surface area contributed by atoms with E-state index in [9.17, 15) is 4.79 Å². The zero-order valence-corrected chi connectivity index (χ0v) is 11.8. The Kier molecular flexibility index (Phi) is 3.42. The third kappa shape index (κ3) is 3.02. The Balaban J connectivity index is 2.52. The monoisotopic (exact) mass is 257 g/mol. The van der Waals surface area contributed by atoms with Gasteiger partial charge in [-0.1, -0.05) is 39.0 Å². The van der Waals surface area contributed by atoms with E-state index in [1.165, 1.54) is 6.92 Å². The van der Waals surface area contributed by atoms with E-state index in [4.69, 9.17) is 0 Å². The van der Waals surface area contributed by atoms with Crippen LogP contribution in [0.1, 0.15) is 33.4 Å². The number of hydrogen-bond acceptors (Lipinski definition) is 2. The molecule has 2 rings (SSSR count). The van der Waals surface area contributed by atoms with Crippen molar-refractivity contribution >= 4 is 11.7 Å². The van der Waals surface area contributed by atoms with Crippen molar-refractivity contribution in [3.8, 4) is 5.69 Å². The molecule has 4 nitrogen and oxygen atoms in total. The molecule has 0 spiro atoms. The molecule has 0 fully saturated rings. The molecule has 0 aliphatic rings. The Morgan fingerprint density at radius 2 is 1.84 bits per heavy atom. The van der Waals surface area contributed by atoms with Crippen molar-refractivity contribution in [3.63, 3.8) is 0 Å². The number of nitrogens with zero attached hydrogens (tertiary/aromatic N) is 2. The lowest BCUT2D eigenvalue weighted by Gasteiger charge is -2.14. The summed E-state index contributed by atoms with van der Waals surface area (Å²) < 4.78 is 1.77. The summed E-state index contributed by atoms with van der Waals surface area (Å²) in [5.74, 6) is 0.598. The van der Waals surface area contributed by atoms with E-state index in [1.807, 2.05) is 36.4 Å². The number of para-hydroxylation sites is 1. The zero-order valence-electron chi connectivity index (χ0n) is 11.8. The summed E-state index contributed by atoms with van der Waals surface area (Å²) in [5.41, 5.74) is 1.81. The van der Waals surface area contributed by atoms with Crippen molar-refractivity contribution < 1.29 is 4.79 Å². The van der Waals surface area contributed by atoms with Gasteiger partial charge in [0.05, 0.1) is 11.4 Å². The van der Waals surface area contributed by atoms with Crippen LogP contribution in [0.4, 0.5) is 5.82 Å². The van der Waals surface area contributed by atoms with Gasteiger partial charge in [-0.05, 0) is 12.1 Å². The van der Waals surface area contributed by atoms with Gasteiger partial charge in [-0.25, -0.2) is 4.68 Å². The van der Waals surface area contributed by atoms with E-state index in [0.29, 0.717) is 5.82 Å². The maximum absolute atomic E-state index is 11.3. The van der Waals surface area contributed by atoms with Crippen molar-refractivity contribution in [1.82, 2.24) is 9.78 Å². The number of aromatic nitrogens is 2. The quantitative estimate of drug-likeness (QED) is 0.898. The molecule has 0 atom stereocenters. The number of nitrogens with one attached hydrogen (secondary N) is 1. The van der Waals surface area contributed by atoms with Gasteiger partial charge in [0.25, 0.3) is 0 Å². The van der Waals surface area contributed by atoms with Gasteiger partial charge in [0.15, 0.2) is 0 Å². The summed E-state index contributed by atoms with van der Waals surface area (Å²) in [7, 11) is 0. The number of benzene rings is 1. The molecule has 1 N–H and O–H groups in total. The van der Waals surface area contributed by atoms with Crippen LogP contribution in [-0.4, -0.2) is 15.7 Å². The van der Waals surface area contributed by atoms with Gasteiger partial charge in [-0.2, -0.15) is 5.10 Å². The summed E-state index contributed by atoms with van der Waals surface area (Å²) in [4.78, 5) is 11.3. The number of amides is 1. The van der Waals surface area contributed by atoms with Gasteiger partial charge >= 0.3 is 0 Å². The highest BCUT2D eigenvalue weighted by Gasteiger charge is 2.20. The summed E-state index contributed by atoms with van der Waals surface area (Å²) in [6, 6.07) is 11.7. The molecule has 1 amide bonds. The predicted octanol–water partition coefficient (Wildman–Crippen LogP) is 3.13. The maximum Gasteiger partial charge on any atom is 0.222 e. The summed E-state index contributed by atoms with van der Waals surface area (Å²) in [6.45, 7) is 7.80. The number of rotatable bonds is 2. The smallest absolute Gasteiger partial charge is 0.222 e. The Hall–Kier alpha value is -2.10. The van der Waals surface area contributed by atoms with Gasteiger partial charge < -0.3 is 5.32 Å². The molecule has 0 radical (unpaired) electrons. The largest absolute Gasteiger partial charge is 0.311 e. The van der Waals surface area contributed by atoms with Crippen LogP contribution in [0.15, 0.2) is 36.4 Å². The second kappa shape index (κ2) is 4.88. The van der Waals surface area contributed by atoms with Crippen LogP contribution in [0, 0.1) is 0 Å². The van der Waals surface area contributed by atoms with E-state index < -0.39 is 0 Å². The van der Waals surface area contributed by atoms with Crippen molar-refractivity contribution in [2.75, 3.05) is 5.32 Å². The van der Waals surface area contributed by atoms with Crippen molar-refractivity contribution in [2.24, 2.45) is 0 Å². The third-order valence-electron chi connectivity index (χ3n) is 2.78. The minimum absolute atomic E-state index is 0.0623. The molecule has 1 aromatic heterocycles. The average Bonchev–Trinajstić information content (AvgIpc) is 2.73. The van der Waals surface area contributed by atoms with E-state index in [1.54, 1.807) is 4.68 Å². The lowest BCUT2D eigenvalue weighted by atomic mass is 9.92. The highest BCUT2D eigenvalue weighted by molar-refractivity contribution is 5.88. The second-order valence-corrected chi connectivity index (χ2v) is 5.59. The first-order valence-corrected chi connectivity index (χ1v) is 6.31. The predicted molar refractivity (Wildman–Crippen MR) is 76.6 cm³/mol. The third-order valence-corrected chi connectivity index (χ3v) is 2.78. The van der Waals surface area contributed by atoms with Crippen LogP contribution >= 0.6 is 0 Å². The molecule has 4 heteroatoms. The normalized spacial score (nSPS) is 11.4. The first-order chi connectivity index (χ1) is 8.88. The number of carbonyl (C=O) groups excluding carboxylic acids is 1. The molecule has 1 aromatic carbocycles. The fraction of sp³-hybridized carbons (Fsp3) is 0.333. The van der Waals surface area contributed by atoms with Crippen molar-refractivity contribution in [3.05, 3.63) is 42.1 Å².